The first kappa shape index (κ1) is 15.8. The van der Waals surface area contributed by atoms with E-state index < -0.39 is 0 Å². The molecule has 0 bridgehead atoms. The van der Waals surface area contributed by atoms with Crippen LogP contribution in [-0.2, 0) is 17.9 Å². The van der Waals surface area contributed by atoms with Crippen molar-refractivity contribution in [2.75, 3.05) is 13.1 Å². The van der Waals surface area contributed by atoms with Crippen molar-refractivity contribution in [1.29, 1.82) is 0 Å². The molecule has 22 heavy (non-hydrogen) atoms. The summed E-state index contributed by atoms with van der Waals surface area (Å²) in [7, 11) is 0. The maximum absolute atomic E-state index is 12.4. The summed E-state index contributed by atoms with van der Waals surface area (Å²) in [4.78, 5) is 14.3. The summed E-state index contributed by atoms with van der Waals surface area (Å²) in [5.74, 6) is 2.52. The van der Waals surface area contributed by atoms with E-state index >= 15 is 0 Å². The molecule has 3 nitrogen and oxygen atoms in total. The molecular formula is C19H20N2O. The van der Waals surface area contributed by atoms with Gasteiger partial charge in [0.05, 0.1) is 13.1 Å². The summed E-state index contributed by atoms with van der Waals surface area (Å²) < 4.78 is 0. The number of nitrogens with zero attached hydrogens (tertiary/aromatic N) is 1. The molecule has 0 aliphatic heterocycles. The minimum Gasteiger partial charge on any atom is -0.333 e. The number of carbonyl (C=O) groups is 1. The zero-order valence-electron chi connectivity index (χ0n) is 12.5. The number of amides is 1. The normalized spacial score (nSPS) is 9.95. The fourth-order valence-corrected chi connectivity index (χ4v) is 2.19. The first-order chi connectivity index (χ1) is 10.8. The predicted octanol–water partition coefficient (Wildman–Crippen LogP) is 2.44. The molecule has 0 aliphatic rings. The van der Waals surface area contributed by atoms with Crippen LogP contribution in [0.25, 0.3) is 0 Å². The molecule has 2 aromatic rings. The highest BCUT2D eigenvalue weighted by molar-refractivity contribution is 5.78. The van der Waals surface area contributed by atoms with Crippen LogP contribution in [0.2, 0.25) is 0 Å². The van der Waals surface area contributed by atoms with Crippen LogP contribution in [0.5, 0.6) is 0 Å². The highest BCUT2D eigenvalue weighted by Gasteiger charge is 2.14. The Morgan fingerprint density at radius 3 is 1.91 bits per heavy atom. The van der Waals surface area contributed by atoms with E-state index in [1.54, 1.807) is 0 Å². The molecule has 0 heterocycles. The Morgan fingerprint density at radius 2 is 1.45 bits per heavy atom. The summed E-state index contributed by atoms with van der Waals surface area (Å²) >= 11 is 0. The van der Waals surface area contributed by atoms with E-state index in [0.717, 1.165) is 11.1 Å². The van der Waals surface area contributed by atoms with Gasteiger partial charge in [0.25, 0.3) is 0 Å². The quantitative estimate of drug-likeness (QED) is 0.628. The summed E-state index contributed by atoms with van der Waals surface area (Å²) in [6.45, 7) is 1.83. The lowest BCUT2D eigenvalue weighted by molar-refractivity contribution is -0.131. The molecule has 2 rings (SSSR count). The molecule has 1 amide bonds. The predicted molar refractivity (Wildman–Crippen MR) is 88.8 cm³/mol. The van der Waals surface area contributed by atoms with Gasteiger partial charge in [-0.1, -0.05) is 66.6 Å². The standard InChI is InChI=1S/C19H20N2O/c1-2-13-20-14-19(22)21(15-17-9-5-3-6-10-17)16-18-11-7-4-8-12-18/h1,3-12,20H,13-16H2. The first-order valence-electron chi connectivity index (χ1n) is 7.29. The molecule has 0 fully saturated rings. The van der Waals surface area contributed by atoms with Crippen LogP contribution in [-0.4, -0.2) is 23.9 Å². The fraction of sp³-hybridized carbons (Fsp3) is 0.211. The van der Waals surface area contributed by atoms with Crippen LogP contribution in [0.3, 0.4) is 0 Å². The van der Waals surface area contributed by atoms with E-state index in [2.05, 4.69) is 11.2 Å². The minimum atomic E-state index is 0.0444. The molecule has 2 aromatic carbocycles. The second-order valence-corrected chi connectivity index (χ2v) is 5.03. The Hall–Kier alpha value is -2.57. The van der Waals surface area contributed by atoms with Crippen molar-refractivity contribution in [3.63, 3.8) is 0 Å². The highest BCUT2D eigenvalue weighted by Crippen LogP contribution is 2.10. The van der Waals surface area contributed by atoms with E-state index in [1.165, 1.54) is 0 Å². The molecule has 1 N–H and O–H groups in total. The van der Waals surface area contributed by atoms with Crippen LogP contribution < -0.4 is 5.32 Å². The molecule has 0 saturated carbocycles. The number of hydrogen-bond acceptors (Lipinski definition) is 2. The molecule has 112 valence electrons. The largest absolute Gasteiger partial charge is 0.333 e. The molecule has 0 atom stereocenters. The molecule has 0 aromatic heterocycles. The van der Waals surface area contributed by atoms with Crippen molar-refractivity contribution in [3.05, 3.63) is 71.8 Å². The third-order valence-corrected chi connectivity index (χ3v) is 3.29. The van der Waals surface area contributed by atoms with E-state index in [-0.39, 0.29) is 12.5 Å². The van der Waals surface area contributed by atoms with Gasteiger partial charge in [-0.05, 0) is 11.1 Å². The number of benzene rings is 2. The van der Waals surface area contributed by atoms with Gasteiger partial charge in [0.2, 0.25) is 5.91 Å². The lowest BCUT2D eigenvalue weighted by Gasteiger charge is -2.23. The van der Waals surface area contributed by atoms with Crippen LogP contribution in [0.1, 0.15) is 11.1 Å². The second-order valence-electron chi connectivity index (χ2n) is 5.03. The summed E-state index contributed by atoms with van der Waals surface area (Å²) in [6.07, 6.45) is 5.20. The van der Waals surface area contributed by atoms with Gasteiger partial charge in [-0.3, -0.25) is 10.1 Å². The van der Waals surface area contributed by atoms with Crippen LogP contribution in [0.15, 0.2) is 60.7 Å². The van der Waals surface area contributed by atoms with Gasteiger partial charge in [0.15, 0.2) is 0 Å². The number of rotatable bonds is 7. The van der Waals surface area contributed by atoms with Crippen molar-refractivity contribution in [3.8, 4) is 12.3 Å². The van der Waals surface area contributed by atoms with Crippen LogP contribution >= 0.6 is 0 Å². The molecule has 0 radical (unpaired) electrons. The van der Waals surface area contributed by atoms with E-state index in [1.807, 2.05) is 65.6 Å². The van der Waals surface area contributed by atoms with Crippen molar-refractivity contribution in [2.24, 2.45) is 0 Å². The lowest BCUT2D eigenvalue weighted by Crippen LogP contribution is -2.37. The van der Waals surface area contributed by atoms with Gasteiger partial charge >= 0.3 is 0 Å². The average molecular weight is 292 g/mol. The van der Waals surface area contributed by atoms with Gasteiger partial charge in [0, 0.05) is 13.1 Å². The highest BCUT2D eigenvalue weighted by atomic mass is 16.2. The Kier molecular flexibility index (Phi) is 6.22. The van der Waals surface area contributed by atoms with Crippen LogP contribution in [0, 0.1) is 12.3 Å². The van der Waals surface area contributed by atoms with Crippen molar-refractivity contribution in [1.82, 2.24) is 10.2 Å². The van der Waals surface area contributed by atoms with E-state index in [9.17, 15) is 4.79 Å². The zero-order chi connectivity index (χ0) is 15.6. The molecule has 0 aliphatic carbocycles. The summed E-state index contributed by atoms with van der Waals surface area (Å²) in [5.41, 5.74) is 2.23. The molecule has 3 heteroatoms. The van der Waals surface area contributed by atoms with Gasteiger partial charge in [-0.15, -0.1) is 6.42 Å². The smallest absolute Gasteiger partial charge is 0.237 e. The Bertz CT molecular complexity index is 575. The first-order valence-corrected chi connectivity index (χ1v) is 7.29. The van der Waals surface area contributed by atoms with Gasteiger partial charge in [-0.2, -0.15) is 0 Å². The van der Waals surface area contributed by atoms with Gasteiger partial charge < -0.3 is 4.90 Å². The van der Waals surface area contributed by atoms with Crippen molar-refractivity contribution < 1.29 is 4.79 Å². The fourth-order valence-electron chi connectivity index (χ4n) is 2.19. The Labute approximate surface area is 132 Å². The number of carbonyl (C=O) groups excluding carboxylic acids is 1. The SMILES string of the molecule is C#CCNCC(=O)N(Cc1ccccc1)Cc1ccccc1. The van der Waals surface area contributed by atoms with Crippen molar-refractivity contribution >= 4 is 5.91 Å². The number of hydrogen-bond donors (Lipinski definition) is 1. The Morgan fingerprint density at radius 1 is 0.955 bits per heavy atom. The van der Waals surface area contributed by atoms with Gasteiger partial charge in [0.1, 0.15) is 0 Å². The topological polar surface area (TPSA) is 32.3 Å². The summed E-state index contributed by atoms with van der Waals surface area (Å²) in [6, 6.07) is 20.0. The van der Waals surface area contributed by atoms with E-state index in [0.29, 0.717) is 19.6 Å². The molecule has 0 spiro atoms. The lowest BCUT2D eigenvalue weighted by atomic mass is 10.1. The maximum atomic E-state index is 12.4. The number of nitrogens with one attached hydrogen (secondary N) is 1. The third-order valence-electron chi connectivity index (χ3n) is 3.29. The molecular weight excluding hydrogens is 272 g/mol. The molecule has 0 saturated heterocycles. The van der Waals surface area contributed by atoms with Crippen LogP contribution in [0.4, 0.5) is 0 Å². The number of terminal acetylenes is 1. The maximum Gasteiger partial charge on any atom is 0.237 e. The second kappa shape index (κ2) is 8.66. The van der Waals surface area contributed by atoms with E-state index in [4.69, 9.17) is 6.42 Å². The third kappa shape index (κ3) is 5.08. The Balaban J connectivity index is 2.06. The monoisotopic (exact) mass is 292 g/mol. The minimum absolute atomic E-state index is 0.0444. The van der Waals surface area contributed by atoms with Gasteiger partial charge in [-0.25, -0.2) is 0 Å². The zero-order valence-corrected chi connectivity index (χ0v) is 12.5. The molecule has 0 unspecified atom stereocenters. The summed E-state index contributed by atoms with van der Waals surface area (Å²) in [5, 5.41) is 2.96. The average Bonchev–Trinajstić information content (AvgIpc) is 2.56. The van der Waals surface area contributed by atoms with Crippen molar-refractivity contribution in [2.45, 2.75) is 13.1 Å².